The zero-order valence-electron chi connectivity index (χ0n) is 14.0. The number of para-hydroxylation sites is 1. The van der Waals surface area contributed by atoms with Gasteiger partial charge in [0.15, 0.2) is 0 Å². The summed E-state index contributed by atoms with van der Waals surface area (Å²) in [6.45, 7) is 5.36. The number of hydrogen-bond donors (Lipinski definition) is 0. The normalized spacial score (nSPS) is 17.8. The van der Waals surface area contributed by atoms with Crippen LogP contribution in [0.25, 0.3) is 10.2 Å². The summed E-state index contributed by atoms with van der Waals surface area (Å²) in [5.41, 5.74) is 3.31. The fraction of sp³-hybridized carbons (Fsp3) is 0.368. The van der Waals surface area contributed by atoms with Crippen molar-refractivity contribution in [2.24, 2.45) is 0 Å². The van der Waals surface area contributed by atoms with Gasteiger partial charge in [-0.2, -0.15) is 0 Å². The molecule has 1 aliphatic heterocycles. The quantitative estimate of drug-likeness (QED) is 0.721. The Morgan fingerprint density at radius 1 is 1.21 bits per heavy atom. The predicted octanol–water partition coefficient (Wildman–Crippen LogP) is 4.08. The van der Waals surface area contributed by atoms with E-state index in [4.69, 9.17) is 4.98 Å². The van der Waals surface area contributed by atoms with Crippen molar-refractivity contribution < 1.29 is 4.79 Å². The molecule has 0 spiro atoms. The van der Waals surface area contributed by atoms with Gasteiger partial charge in [0.05, 0.1) is 16.3 Å². The first-order valence-corrected chi connectivity index (χ1v) is 9.23. The Kier molecular flexibility index (Phi) is 3.88. The van der Waals surface area contributed by atoms with Crippen molar-refractivity contribution in [3.8, 4) is 0 Å². The maximum absolute atomic E-state index is 12.9. The molecule has 0 radical (unpaired) electrons. The number of fused-ring (bicyclic) bond motifs is 1. The highest BCUT2D eigenvalue weighted by Crippen LogP contribution is 2.36. The fourth-order valence-corrected chi connectivity index (χ4v) is 4.64. The zero-order valence-corrected chi connectivity index (χ0v) is 14.8. The second-order valence-corrected chi connectivity index (χ2v) is 7.53. The topological polar surface area (TPSA) is 38.1 Å². The number of carbonyl (C=O) groups excluding carboxylic acids is 1. The Morgan fingerprint density at radius 3 is 2.71 bits per heavy atom. The zero-order chi connectivity index (χ0) is 16.7. The largest absolute Gasteiger partial charge is 0.340 e. The summed E-state index contributed by atoms with van der Waals surface area (Å²) in [6.07, 6.45) is 2.06. The number of aromatic nitrogens is 2. The molecule has 0 aliphatic carbocycles. The van der Waals surface area contributed by atoms with E-state index in [-0.39, 0.29) is 11.9 Å². The second-order valence-electron chi connectivity index (χ2n) is 6.47. The van der Waals surface area contributed by atoms with Crippen LogP contribution < -0.4 is 0 Å². The van der Waals surface area contributed by atoms with Crippen molar-refractivity contribution in [1.29, 1.82) is 0 Å². The van der Waals surface area contributed by atoms with Gasteiger partial charge in [0.25, 0.3) is 0 Å². The second kappa shape index (κ2) is 6.06. The SMILES string of the molecule is Cc1ccc(C)n1CC(=O)N1CCC[C@@H]1c1nc2ccccc2s1. The Labute approximate surface area is 145 Å². The molecule has 1 fully saturated rings. The molecule has 24 heavy (non-hydrogen) atoms. The standard InChI is InChI=1S/C19H21N3OS/c1-13-9-10-14(2)22(13)12-18(23)21-11-5-7-16(21)19-20-15-6-3-4-8-17(15)24-19/h3-4,6,8-10,16H,5,7,11-12H2,1-2H3/t16-/m1/s1. The van der Waals surface area contributed by atoms with E-state index in [2.05, 4.69) is 36.6 Å². The summed E-state index contributed by atoms with van der Waals surface area (Å²) < 4.78 is 3.29. The van der Waals surface area contributed by atoms with E-state index >= 15 is 0 Å². The molecular formula is C19H21N3OS. The van der Waals surface area contributed by atoms with Gasteiger partial charge in [-0.05, 0) is 51.0 Å². The summed E-state index contributed by atoms with van der Waals surface area (Å²) >= 11 is 1.72. The Bertz CT molecular complexity index is 843. The maximum Gasteiger partial charge on any atom is 0.243 e. The molecule has 1 aromatic carbocycles. The number of thiazole rings is 1. The average molecular weight is 339 g/mol. The molecule has 5 heteroatoms. The van der Waals surface area contributed by atoms with Crippen molar-refractivity contribution in [2.75, 3.05) is 6.54 Å². The lowest BCUT2D eigenvalue weighted by Gasteiger charge is -2.24. The van der Waals surface area contributed by atoms with Crippen LogP contribution in [-0.2, 0) is 11.3 Å². The van der Waals surface area contributed by atoms with Crippen LogP contribution in [0.4, 0.5) is 0 Å². The highest BCUT2D eigenvalue weighted by atomic mass is 32.1. The van der Waals surface area contributed by atoms with Gasteiger partial charge in [-0.1, -0.05) is 12.1 Å². The molecule has 1 aliphatic rings. The maximum atomic E-state index is 12.9. The molecule has 1 atom stereocenters. The lowest BCUT2D eigenvalue weighted by atomic mass is 10.2. The highest BCUT2D eigenvalue weighted by Gasteiger charge is 2.32. The smallest absolute Gasteiger partial charge is 0.243 e. The van der Waals surface area contributed by atoms with Crippen LogP contribution in [0.1, 0.15) is 35.3 Å². The van der Waals surface area contributed by atoms with Gasteiger partial charge in [-0.15, -0.1) is 11.3 Å². The number of rotatable bonds is 3. The molecule has 1 saturated heterocycles. The predicted molar refractivity (Wildman–Crippen MR) is 97.2 cm³/mol. The third-order valence-corrected chi connectivity index (χ3v) is 6.02. The first kappa shape index (κ1) is 15.4. The fourth-order valence-electron chi connectivity index (χ4n) is 3.53. The highest BCUT2D eigenvalue weighted by molar-refractivity contribution is 7.18. The van der Waals surface area contributed by atoms with Crippen LogP contribution in [0, 0.1) is 13.8 Å². The molecule has 0 unspecified atom stereocenters. The molecule has 4 nitrogen and oxygen atoms in total. The number of aryl methyl sites for hydroxylation is 2. The number of nitrogens with zero attached hydrogens (tertiary/aromatic N) is 3. The van der Waals surface area contributed by atoms with E-state index in [0.29, 0.717) is 6.54 Å². The van der Waals surface area contributed by atoms with Crippen molar-refractivity contribution in [3.05, 3.63) is 52.8 Å². The molecule has 0 bridgehead atoms. The number of hydrogen-bond acceptors (Lipinski definition) is 3. The molecule has 0 N–H and O–H groups in total. The van der Waals surface area contributed by atoms with E-state index in [1.807, 2.05) is 23.1 Å². The average Bonchev–Trinajstić information content (AvgIpc) is 3.28. The van der Waals surface area contributed by atoms with Crippen LogP contribution in [-0.4, -0.2) is 26.9 Å². The van der Waals surface area contributed by atoms with Gasteiger partial charge in [0.2, 0.25) is 5.91 Å². The Morgan fingerprint density at radius 2 is 1.96 bits per heavy atom. The van der Waals surface area contributed by atoms with Crippen molar-refractivity contribution in [3.63, 3.8) is 0 Å². The minimum absolute atomic E-state index is 0.131. The van der Waals surface area contributed by atoms with Crippen LogP contribution in [0.15, 0.2) is 36.4 Å². The lowest BCUT2D eigenvalue weighted by Crippen LogP contribution is -2.33. The van der Waals surface area contributed by atoms with Gasteiger partial charge in [-0.25, -0.2) is 4.98 Å². The molecule has 3 heterocycles. The van der Waals surface area contributed by atoms with Crippen LogP contribution >= 0.6 is 11.3 Å². The van der Waals surface area contributed by atoms with Gasteiger partial charge < -0.3 is 9.47 Å². The van der Waals surface area contributed by atoms with E-state index < -0.39 is 0 Å². The molecule has 2 aromatic heterocycles. The Hall–Kier alpha value is -2.14. The number of likely N-dealkylation sites (tertiary alicyclic amines) is 1. The summed E-state index contributed by atoms with van der Waals surface area (Å²) in [5.74, 6) is 0.194. The van der Waals surface area contributed by atoms with Crippen LogP contribution in [0.5, 0.6) is 0 Å². The van der Waals surface area contributed by atoms with E-state index in [1.165, 1.54) is 4.70 Å². The molecule has 1 amide bonds. The third-order valence-electron chi connectivity index (χ3n) is 4.88. The number of amides is 1. The molecule has 0 saturated carbocycles. The monoisotopic (exact) mass is 339 g/mol. The minimum Gasteiger partial charge on any atom is -0.340 e. The third kappa shape index (κ3) is 2.63. The van der Waals surface area contributed by atoms with Crippen LogP contribution in [0.2, 0.25) is 0 Å². The summed E-state index contributed by atoms with van der Waals surface area (Å²) in [5, 5.41) is 1.07. The molecule has 3 aromatic rings. The molecule has 124 valence electrons. The molecule has 4 rings (SSSR count). The first-order valence-electron chi connectivity index (χ1n) is 8.41. The number of benzene rings is 1. The van der Waals surface area contributed by atoms with Gasteiger partial charge in [0, 0.05) is 17.9 Å². The molecular weight excluding hydrogens is 318 g/mol. The van der Waals surface area contributed by atoms with Crippen molar-refractivity contribution >= 4 is 27.5 Å². The van der Waals surface area contributed by atoms with Crippen LogP contribution in [0.3, 0.4) is 0 Å². The summed E-state index contributed by atoms with van der Waals surface area (Å²) in [4.78, 5) is 19.7. The first-order chi connectivity index (χ1) is 11.6. The Balaban J connectivity index is 1.59. The van der Waals surface area contributed by atoms with E-state index in [9.17, 15) is 4.79 Å². The van der Waals surface area contributed by atoms with Gasteiger partial charge in [-0.3, -0.25) is 4.79 Å². The minimum atomic E-state index is 0.131. The van der Waals surface area contributed by atoms with E-state index in [0.717, 1.165) is 41.3 Å². The van der Waals surface area contributed by atoms with Crippen molar-refractivity contribution in [2.45, 2.75) is 39.3 Å². The summed E-state index contributed by atoms with van der Waals surface area (Å²) in [6, 6.07) is 12.5. The summed E-state index contributed by atoms with van der Waals surface area (Å²) in [7, 11) is 0. The van der Waals surface area contributed by atoms with Crippen molar-refractivity contribution in [1.82, 2.24) is 14.5 Å². The van der Waals surface area contributed by atoms with E-state index in [1.54, 1.807) is 11.3 Å². The van der Waals surface area contributed by atoms with Gasteiger partial charge in [0.1, 0.15) is 11.6 Å². The number of carbonyl (C=O) groups is 1. The van der Waals surface area contributed by atoms with Gasteiger partial charge >= 0.3 is 0 Å². The lowest BCUT2D eigenvalue weighted by molar-refractivity contribution is -0.132.